The van der Waals surface area contributed by atoms with Crippen molar-refractivity contribution in [2.45, 2.75) is 77.1 Å². The molecule has 6 aliphatic rings. The monoisotopic (exact) mass is 320 g/mol. The Balaban J connectivity index is 1.52. The van der Waals surface area contributed by atoms with Gasteiger partial charge in [0.15, 0.2) is 0 Å². The first-order valence-electron chi connectivity index (χ1n) is 9.48. The van der Waals surface area contributed by atoms with Crippen LogP contribution in [0.4, 0.5) is 0 Å². The fourth-order valence-corrected chi connectivity index (χ4v) is 6.81. The Labute approximate surface area is 138 Å². The van der Waals surface area contributed by atoms with E-state index in [4.69, 9.17) is 9.31 Å². The minimum absolute atomic E-state index is 0.0869. The average Bonchev–Trinajstić information content (AvgIpc) is 3.06. The molecule has 23 heavy (non-hydrogen) atoms. The Kier molecular flexibility index (Phi) is 2.65. The molecule has 6 fully saturated rings. The Hall–Kier alpha value is -0.585. The van der Waals surface area contributed by atoms with Gasteiger partial charge in [-0.15, -0.1) is 0 Å². The van der Waals surface area contributed by atoms with Gasteiger partial charge in [-0.3, -0.25) is 4.79 Å². The second kappa shape index (κ2) is 4.14. The molecule has 0 aromatic heterocycles. The van der Waals surface area contributed by atoms with Crippen molar-refractivity contribution in [1.29, 1.82) is 0 Å². The number of rotatable bonds is 0. The van der Waals surface area contributed by atoms with Crippen molar-refractivity contribution in [3.8, 4) is 0 Å². The number of quaternary nitrogens is 1. The maximum absolute atomic E-state index is 12.5. The average molecular weight is 320 g/mol. The predicted molar refractivity (Wildman–Crippen MR) is 86.2 cm³/mol. The van der Waals surface area contributed by atoms with Crippen LogP contribution in [0.3, 0.4) is 0 Å². The Morgan fingerprint density at radius 3 is 2.83 bits per heavy atom. The number of hydrogen-bond donors (Lipinski definition) is 1. The summed E-state index contributed by atoms with van der Waals surface area (Å²) in [5, 5.41) is 2.14. The van der Waals surface area contributed by atoms with E-state index < -0.39 is 6.69 Å². The van der Waals surface area contributed by atoms with Crippen molar-refractivity contribution >= 4 is 12.6 Å². The molecule has 0 radical (unpaired) electrons. The summed E-state index contributed by atoms with van der Waals surface area (Å²) in [4.78, 5) is 14.6. The van der Waals surface area contributed by atoms with E-state index in [9.17, 15) is 4.79 Å². The molecule has 3 aliphatic heterocycles. The summed E-state index contributed by atoms with van der Waals surface area (Å²) >= 11 is 0. The van der Waals surface area contributed by atoms with Crippen LogP contribution in [0.15, 0.2) is 0 Å². The second-order valence-corrected chi connectivity index (χ2v) is 9.52. The molecule has 0 aromatic carbocycles. The van der Waals surface area contributed by atoms with Crippen molar-refractivity contribution in [3.05, 3.63) is 0 Å². The Bertz CT molecular complexity index is 584. The van der Waals surface area contributed by atoms with Gasteiger partial charge in [0.25, 0.3) is 5.91 Å². The van der Waals surface area contributed by atoms with Gasteiger partial charge in [-0.2, -0.15) is 0 Å². The first kappa shape index (κ1) is 14.7. The smallest absolute Gasteiger partial charge is 0.492 e. The van der Waals surface area contributed by atoms with Gasteiger partial charge in [-0.1, -0.05) is 20.3 Å². The van der Waals surface area contributed by atoms with Gasteiger partial charge in [0, 0.05) is 18.6 Å². The molecule has 2 bridgehead atoms. The number of fused-ring (bicyclic) bond motifs is 2. The molecule has 128 valence electrons. The van der Waals surface area contributed by atoms with Gasteiger partial charge < -0.3 is 19.4 Å². The molecule has 3 saturated carbocycles. The zero-order valence-corrected chi connectivity index (χ0v) is 14.7. The van der Waals surface area contributed by atoms with E-state index in [2.05, 4.69) is 30.9 Å². The maximum Gasteiger partial charge on any atom is 0.492 e. The quantitative estimate of drug-likeness (QED) is 0.667. The number of nitrogens with zero attached hydrogens (tertiary/aromatic N) is 1. The van der Waals surface area contributed by atoms with Crippen LogP contribution >= 0.6 is 0 Å². The first-order chi connectivity index (χ1) is 10.8. The highest BCUT2D eigenvalue weighted by molar-refractivity contribution is 6.61. The van der Waals surface area contributed by atoms with Crippen LogP contribution in [-0.4, -0.2) is 47.7 Å². The summed E-state index contributed by atoms with van der Waals surface area (Å²) < 4.78 is 13.6. The van der Waals surface area contributed by atoms with Crippen LogP contribution < -0.4 is 5.23 Å². The van der Waals surface area contributed by atoms with Gasteiger partial charge in [0.05, 0.1) is 5.60 Å². The van der Waals surface area contributed by atoms with Gasteiger partial charge in [-0.05, 0) is 50.4 Å². The highest BCUT2D eigenvalue weighted by atomic mass is 16.7. The number of nitrogens with two attached hydrogens (primary N) is 1. The lowest BCUT2D eigenvalue weighted by Gasteiger charge is -2.65. The first-order valence-corrected chi connectivity index (χ1v) is 9.48. The SMILES string of the molecule is C[C@@H]1[NH2+][B-]2(O[C@@H]3C[C@@H]4C[C@@H](C4(C)C)[C@]3(C)O2)C2CCCN2C1=O. The molecular weight excluding hydrogens is 291 g/mol. The fraction of sp³-hybridized carbons (Fsp3) is 0.941. The largest absolute Gasteiger partial charge is 0.508 e. The zero-order chi connectivity index (χ0) is 16.2. The normalized spacial score (nSPS) is 56.4. The van der Waals surface area contributed by atoms with Crippen LogP contribution in [0, 0.1) is 17.3 Å². The van der Waals surface area contributed by atoms with Crippen LogP contribution in [-0.2, 0) is 14.1 Å². The maximum atomic E-state index is 12.5. The lowest BCUT2D eigenvalue weighted by molar-refractivity contribution is -0.590. The van der Waals surface area contributed by atoms with Crippen molar-refractivity contribution in [1.82, 2.24) is 4.90 Å². The Morgan fingerprint density at radius 1 is 1.30 bits per heavy atom. The predicted octanol–water partition coefficient (Wildman–Crippen LogP) is 0.661. The highest BCUT2D eigenvalue weighted by Crippen LogP contribution is 2.66. The number of carbonyl (C=O) groups excluding carboxylic acids is 1. The van der Waals surface area contributed by atoms with E-state index >= 15 is 0 Å². The van der Waals surface area contributed by atoms with E-state index in [-0.39, 0.29) is 29.6 Å². The molecule has 1 amide bonds. The third-order valence-electron chi connectivity index (χ3n) is 8.18. The summed E-state index contributed by atoms with van der Waals surface area (Å²) in [6.07, 6.45) is 4.70. The van der Waals surface area contributed by atoms with Crippen LogP contribution in [0.1, 0.15) is 53.4 Å². The van der Waals surface area contributed by atoms with Crippen molar-refractivity contribution < 1.29 is 19.3 Å². The second-order valence-electron chi connectivity index (χ2n) is 9.52. The van der Waals surface area contributed by atoms with E-state index in [1.807, 2.05) is 6.92 Å². The molecule has 0 aromatic rings. The van der Waals surface area contributed by atoms with Crippen molar-refractivity contribution in [3.63, 3.8) is 0 Å². The third kappa shape index (κ3) is 1.58. The molecule has 3 heterocycles. The minimum atomic E-state index is -1.47. The lowest BCUT2D eigenvalue weighted by atomic mass is 9.43. The molecule has 7 atom stereocenters. The third-order valence-corrected chi connectivity index (χ3v) is 8.18. The summed E-state index contributed by atoms with van der Waals surface area (Å²) in [6.45, 7) is 8.48. The highest BCUT2D eigenvalue weighted by Gasteiger charge is 2.72. The summed E-state index contributed by atoms with van der Waals surface area (Å²) in [7, 11) is 0. The molecule has 1 spiro atoms. The zero-order valence-electron chi connectivity index (χ0n) is 14.7. The van der Waals surface area contributed by atoms with E-state index in [0.29, 0.717) is 11.3 Å². The standard InChI is InChI=1S/C17H29BN2O3/c1-10-15(21)20-7-5-6-14(20)18(19-10)22-13-9-11-8-12(16(11,2)3)17(13,4)23-18/h10-14H,5-9,19H2,1-4H3/t10-,11-,12-,13+,14?,17-,18?/m0/s1. The summed E-state index contributed by atoms with van der Waals surface area (Å²) in [6, 6.07) is -0.0869. The van der Waals surface area contributed by atoms with Gasteiger partial charge in [0.2, 0.25) is 0 Å². The Morgan fingerprint density at radius 2 is 2.09 bits per heavy atom. The molecular formula is C17H29BN2O3. The van der Waals surface area contributed by atoms with Crippen LogP contribution in [0.25, 0.3) is 0 Å². The number of carbonyl (C=O) groups is 1. The molecule has 3 aliphatic carbocycles. The number of hydrogen-bond acceptors (Lipinski definition) is 3. The molecule has 6 rings (SSSR count). The topological polar surface area (TPSA) is 55.4 Å². The van der Waals surface area contributed by atoms with Gasteiger partial charge >= 0.3 is 6.69 Å². The van der Waals surface area contributed by atoms with E-state index in [0.717, 1.165) is 31.7 Å². The van der Waals surface area contributed by atoms with Crippen LogP contribution in [0.5, 0.6) is 0 Å². The van der Waals surface area contributed by atoms with Crippen molar-refractivity contribution in [2.75, 3.05) is 6.54 Å². The molecule has 2 unspecified atom stereocenters. The van der Waals surface area contributed by atoms with Gasteiger partial charge in [-0.25, -0.2) is 0 Å². The molecule has 5 nitrogen and oxygen atoms in total. The molecule has 3 saturated heterocycles. The minimum Gasteiger partial charge on any atom is -0.508 e. The molecule has 6 heteroatoms. The summed E-state index contributed by atoms with van der Waals surface area (Å²) in [5.41, 5.74) is 0.185. The van der Waals surface area contributed by atoms with E-state index in [1.54, 1.807) is 0 Å². The molecule has 2 N–H and O–H groups in total. The van der Waals surface area contributed by atoms with Crippen LogP contribution in [0.2, 0.25) is 0 Å². The fourth-order valence-electron chi connectivity index (χ4n) is 6.81. The number of amides is 1. The van der Waals surface area contributed by atoms with Gasteiger partial charge in [0.1, 0.15) is 6.04 Å². The van der Waals surface area contributed by atoms with E-state index in [1.165, 1.54) is 6.42 Å². The summed E-state index contributed by atoms with van der Waals surface area (Å²) in [5.74, 6) is 1.75. The lowest BCUT2D eigenvalue weighted by Crippen LogP contribution is -3.12. The van der Waals surface area contributed by atoms with Crippen molar-refractivity contribution in [2.24, 2.45) is 17.3 Å².